The van der Waals surface area contributed by atoms with E-state index < -0.39 is 12.6 Å². The Morgan fingerprint density at radius 2 is 2.00 bits per heavy atom. The van der Waals surface area contributed by atoms with Crippen LogP contribution in [0.5, 0.6) is 0 Å². The van der Waals surface area contributed by atoms with Crippen molar-refractivity contribution in [1.29, 1.82) is 5.26 Å². The first kappa shape index (κ1) is 23.8. The normalized spacial score (nSPS) is 21.9. The molecule has 4 heterocycles. The average molecular weight is 504 g/mol. The number of halogens is 3. The largest absolute Gasteiger partial charge is 0.393 e. The Morgan fingerprint density at radius 3 is 2.81 bits per heavy atom. The summed E-state index contributed by atoms with van der Waals surface area (Å²) < 4.78 is 39.2. The molecule has 0 amide bonds. The van der Waals surface area contributed by atoms with E-state index in [9.17, 15) is 18.4 Å². The molecular formula is C29H28F3N5. The van der Waals surface area contributed by atoms with E-state index >= 15 is 0 Å². The van der Waals surface area contributed by atoms with Crippen molar-refractivity contribution in [2.75, 3.05) is 24.5 Å². The third-order valence-corrected chi connectivity index (χ3v) is 8.40. The second-order valence-corrected chi connectivity index (χ2v) is 10.6. The number of pyridine rings is 1. The van der Waals surface area contributed by atoms with Crippen molar-refractivity contribution >= 4 is 27.5 Å². The van der Waals surface area contributed by atoms with Gasteiger partial charge in [-0.25, -0.2) is 0 Å². The highest BCUT2D eigenvalue weighted by atomic mass is 19.4. The minimum absolute atomic E-state index is 0.0938. The van der Waals surface area contributed by atoms with Gasteiger partial charge in [-0.15, -0.1) is 0 Å². The summed E-state index contributed by atoms with van der Waals surface area (Å²) in [4.78, 5) is 9.91. The van der Waals surface area contributed by atoms with Gasteiger partial charge >= 0.3 is 6.18 Å². The average Bonchev–Trinajstić information content (AvgIpc) is 3.59. The molecule has 0 aliphatic carbocycles. The van der Waals surface area contributed by atoms with E-state index in [0.717, 1.165) is 66.4 Å². The van der Waals surface area contributed by atoms with Crippen molar-refractivity contribution in [2.45, 2.75) is 44.8 Å². The van der Waals surface area contributed by atoms with Crippen molar-refractivity contribution in [3.8, 4) is 6.07 Å². The molecule has 2 aromatic heterocycles. The molecule has 1 spiro atoms. The first-order chi connectivity index (χ1) is 17.7. The van der Waals surface area contributed by atoms with Crippen LogP contribution in [0.15, 0.2) is 48.7 Å². The summed E-state index contributed by atoms with van der Waals surface area (Å²) in [6, 6.07) is 15.5. The number of H-pyrrole nitrogens is 1. The van der Waals surface area contributed by atoms with Crippen molar-refractivity contribution in [2.24, 2.45) is 5.41 Å². The number of benzene rings is 2. The molecule has 6 rings (SSSR count). The Balaban J connectivity index is 1.27. The van der Waals surface area contributed by atoms with E-state index in [4.69, 9.17) is 0 Å². The topological polar surface area (TPSA) is 67.7 Å². The van der Waals surface area contributed by atoms with Crippen LogP contribution in [0.25, 0.3) is 21.8 Å². The molecule has 0 saturated carbocycles. The van der Waals surface area contributed by atoms with Crippen molar-refractivity contribution < 1.29 is 13.2 Å². The molecule has 8 heteroatoms. The fourth-order valence-corrected chi connectivity index (χ4v) is 6.46. The number of nitrogens with one attached hydrogen (secondary N) is 2. The number of aromatic amines is 1. The van der Waals surface area contributed by atoms with Gasteiger partial charge in [-0.05, 0) is 79.8 Å². The van der Waals surface area contributed by atoms with Gasteiger partial charge in [0.2, 0.25) is 0 Å². The number of aromatic nitrogens is 2. The van der Waals surface area contributed by atoms with Gasteiger partial charge in [0.05, 0.1) is 11.9 Å². The molecule has 2 N–H and O–H groups in total. The van der Waals surface area contributed by atoms with Crippen LogP contribution in [0, 0.1) is 23.7 Å². The molecule has 4 aromatic rings. The second kappa shape index (κ2) is 8.77. The van der Waals surface area contributed by atoms with Gasteiger partial charge in [0, 0.05) is 52.7 Å². The van der Waals surface area contributed by atoms with Crippen LogP contribution < -0.4 is 10.2 Å². The number of fused-ring (bicyclic) bond motifs is 2. The van der Waals surface area contributed by atoms with Gasteiger partial charge in [-0.1, -0.05) is 12.1 Å². The molecule has 2 aromatic carbocycles. The molecule has 37 heavy (non-hydrogen) atoms. The van der Waals surface area contributed by atoms with Gasteiger partial charge in [0.25, 0.3) is 0 Å². The van der Waals surface area contributed by atoms with E-state index in [1.807, 2.05) is 12.1 Å². The summed E-state index contributed by atoms with van der Waals surface area (Å²) in [6.45, 7) is 4.80. The highest BCUT2D eigenvalue weighted by Crippen LogP contribution is 2.45. The number of anilines is 1. The first-order valence-corrected chi connectivity index (χ1v) is 12.7. The van der Waals surface area contributed by atoms with Gasteiger partial charge in [0.15, 0.2) is 0 Å². The number of hydrogen-bond donors (Lipinski definition) is 2. The summed E-state index contributed by atoms with van der Waals surface area (Å²) >= 11 is 0. The van der Waals surface area contributed by atoms with E-state index in [0.29, 0.717) is 11.7 Å². The molecule has 2 unspecified atom stereocenters. The summed E-state index contributed by atoms with van der Waals surface area (Å²) in [6.07, 6.45) is -0.430. The molecule has 2 aliphatic heterocycles. The maximum Gasteiger partial charge on any atom is 0.393 e. The molecule has 190 valence electrons. The predicted octanol–water partition coefficient (Wildman–Crippen LogP) is 5.80. The highest BCUT2D eigenvalue weighted by Gasteiger charge is 2.47. The maximum absolute atomic E-state index is 13.1. The Bertz CT molecular complexity index is 1530. The van der Waals surface area contributed by atoms with E-state index in [2.05, 4.69) is 45.3 Å². The Hall–Kier alpha value is -3.57. The summed E-state index contributed by atoms with van der Waals surface area (Å²) in [5.41, 5.74) is 6.07. The van der Waals surface area contributed by atoms with E-state index in [-0.39, 0.29) is 11.0 Å². The van der Waals surface area contributed by atoms with E-state index in [1.54, 1.807) is 18.3 Å². The fourth-order valence-electron chi connectivity index (χ4n) is 6.46. The van der Waals surface area contributed by atoms with Crippen LogP contribution in [0.1, 0.15) is 35.2 Å². The monoisotopic (exact) mass is 503 g/mol. The van der Waals surface area contributed by atoms with Crippen molar-refractivity contribution in [3.05, 3.63) is 71.0 Å². The Kier molecular flexibility index (Phi) is 5.64. The molecule has 2 atom stereocenters. The SMILES string of the molecule is Cc1c(CC2NCCC23CCN(c2ccnc4ccc(CC(F)(F)F)cc24)C3)ccc2[nH]c(C#N)cc12. The minimum atomic E-state index is -4.24. The second-order valence-electron chi connectivity index (χ2n) is 10.6. The van der Waals surface area contributed by atoms with Gasteiger partial charge in [-0.3, -0.25) is 4.98 Å². The molecule has 2 saturated heterocycles. The van der Waals surface area contributed by atoms with Crippen molar-refractivity contribution in [1.82, 2.24) is 15.3 Å². The zero-order chi connectivity index (χ0) is 25.8. The summed E-state index contributed by atoms with van der Waals surface area (Å²) in [5, 5.41) is 14.9. The maximum atomic E-state index is 13.1. The third-order valence-electron chi connectivity index (χ3n) is 8.40. The lowest BCUT2D eigenvalue weighted by Crippen LogP contribution is -2.40. The summed E-state index contributed by atoms with van der Waals surface area (Å²) in [5.74, 6) is 0. The van der Waals surface area contributed by atoms with Crippen LogP contribution >= 0.6 is 0 Å². The number of aryl methyl sites for hydroxylation is 1. The van der Waals surface area contributed by atoms with Crippen molar-refractivity contribution in [3.63, 3.8) is 0 Å². The predicted molar refractivity (Wildman–Crippen MR) is 139 cm³/mol. The lowest BCUT2D eigenvalue weighted by Gasteiger charge is -2.32. The Morgan fingerprint density at radius 1 is 1.14 bits per heavy atom. The summed E-state index contributed by atoms with van der Waals surface area (Å²) in [7, 11) is 0. The molecule has 2 aliphatic rings. The number of alkyl halides is 3. The lowest BCUT2D eigenvalue weighted by atomic mass is 9.76. The standard InChI is InChI=1S/C29H28F3N5/c1-18-20(3-5-25-22(18)14-21(16-33)36-25)13-27-28(7-10-35-27)8-11-37(17-28)26-6-9-34-24-4-2-19(12-23(24)26)15-29(30,31)32/h2-6,9,12,14,27,35-36H,7-8,10-11,13,15,17H2,1H3. The van der Waals surface area contributed by atoms with Gasteiger partial charge < -0.3 is 15.2 Å². The Labute approximate surface area is 213 Å². The first-order valence-electron chi connectivity index (χ1n) is 12.7. The highest BCUT2D eigenvalue weighted by molar-refractivity contribution is 5.92. The van der Waals surface area contributed by atoms with Gasteiger partial charge in [0.1, 0.15) is 11.8 Å². The number of nitrogens with zero attached hydrogens (tertiary/aromatic N) is 3. The molecule has 0 radical (unpaired) electrons. The lowest BCUT2D eigenvalue weighted by molar-refractivity contribution is -0.127. The van der Waals surface area contributed by atoms with Crippen LogP contribution in [0.3, 0.4) is 0 Å². The number of rotatable bonds is 4. The fraction of sp³-hybridized carbons (Fsp3) is 0.379. The molecule has 5 nitrogen and oxygen atoms in total. The van der Waals surface area contributed by atoms with Crippen LogP contribution in [-0.4, -0.2) is 41.8 Å². The smallest absolute Gasteiger partial charge is 0.370 e. The van der Waals surface area contributed by atoms with Crippen LogP contribution in [-0.2, 0) is 12.8 Å². The van der Waals surface area contributed by atoms with Crippen LogP contribution in [0.2, 0.25) is 0 Å². The number of hydrogen-bond acceptors (Lipinski definition) is 4. The van der Waals surface area contributed by atoms with Crippen LogP contribution in [0.4, 0.5) is 18.9 Å². The molecule has 2 fully saturated rings. The molecule has 0 bridgehead atoms. The zero-order valence-electron chi connectivity index (χ0n) is 20.6. The van der Waals surface area contributed by atoms with Gasteiger partial charge in [-0.2, -0.15) is 18.4 Å². The zero-order valence-corrected chi connectivity index (χ0v) is 20.6. The minimum Gasteiger partial charge on any atom is -0.370 e. The number of nitriles is 1. The molecular weight excluding hydrogens is 475 g/mol. The quantitative estimate of drug-likeness (QED) is 0.369. The van der Waals surface area contributed by atoms with E-state index in [1.165, 1.54) is 17.2 Å². The third kappa shape index (κ3) is 4.31.